The predicted octanol–water partition coefficient (Wildman–Crippen LogP) is 1.40. The van der Waals surface area contributed by atoms with Crippen molar-refractivity contribution in [2.24, 2.45) is 0 Å². The molecule has 0 atom stereocenters. The standard InChI is InChI=1S/C6H6OS/c1-5-3-8-4-6(5)2-7/h3H,4H2,1H3. The molecule has 0 spiro atoms. The topological polar surface area (TPSA) is 17.1 Å². The molecule has 8 heavy (non-hydrogen) atoms. The molecular weight excluding hydrogens is 120 g/mol. The Balaban J connectivity index is 2.89. The first-order valence-electron chi connectivity index (χ1n) is 2.37. The molecule has 1 aliphatic rings. The summed E-state index contributed by atoms with van der Waals surface area (Å²) in [6.07, 6.45) is 0. The van der Waals surface area contributed by atoms with Crippen LogP contribution in [0.25, 0.3) is 0 Å². The van der Waals surface area contributed by atoms with E-state index in [2.05, 4.69) is 0 Å². The molecule has 1 aliphatic heterocycles. The van der Waals surface area contributed by atoms with Crippen LogP contribution in [-0.4, -0.2) is 11.7 Å². The van der Waals surface area contributed by atoms with Crippen LogP contribution in [0, 0.1) is 0 Å². The third kappa shape index (κ3) is 0.857. The van der Waals surface area contributed by atoms with E-state index in [0.29, 0.717) is 0 Å². The van der Waals surface area contributed by atoms with Crippen molar-refractivity contribution in [2.75, 3.05) is 5.75 Å². The molecule has 42 valence electrons. The number of rotatable bonds is 0. The zero-order chi connectivity index (χ0) is 5.98. The van der Waals surface area contributed by atoms with Crippen LogP contribution < -0.4 is 0 Å². The summed E-state index contributed by atoms with van der Waals surface area (Å²) in [5.41, 5.74) is 1.89. The van der Waals surface area contributed by atoms with Gasteiger partial charge in [-0.1, -0.05) is 0 Å². The number of thioether (sulfide) groups is 1. The first-order valence-corrected chi connectivity index (χ1v) is 3.42. The first-order chi connectivity index (χ1) is 3.84. The van der Waals surface area contributed by atoms with E-state index in [1.807, 2.05) is 18.3 Å². The van der Waals surface area contributed by atoms with E-state index in [0.717, 1.165) is 16.9 Å². The second-order valence-electron chi connectivity index (χ2n) is 1.69. The molecular formula is C6H6OS. The third-order valence-electron chi connectivity index (χ3n) is 1.09. The summed E-state index contributed by atoms with van der Waals surface area (Å²) in [5, 5.41) is 1.99. The van der Waals surface area contributed by atoms with Gasteiger partial charge in [-0.25, -0.2) is 4.79 Å². The van der Waals surface area contributed by atoms with Crippen LogP contribution in [0.3, 0.4) is 0 Å². The predicted molar refractivity (Wildman–Crippen MR) is 35.4 cm³/mol. The second-order valence-corrected chi connectivity index (χ2v) is 2.55. The summed E-state index contributed by atoms with van der Waals surface area (Å²) >= 11 is 1.65. The molecule has 2 heteroatoms. The highest BCUT2D eigenvalue weighted by molar-refractivity contribution is 8.02. The highest BCUT2D eigenvalue weighted by Gasteiger charge is 2.06. The van der Waals surface area contributed by atoms with Gasteiger partial charge in [-0.2, -0.15) is 0 Å². The van der Waals surface area contributed by atoms with E-state index in [1.165, 1.54) is 0 Å². The fourth-order valence-electron chi connectivity index (χ4n) is 0.545. The Labute approximate surface area is 52.5 Å². The summed E-state index contributed by atoms with van der Waals surface area (Å²) in [7, 11) is 0. The largest absolute Gasteiger partial charge is 0.233 e. The zero-order valence-electron chi connectivity index (χ0n) is 4.60. The van der Waals surface area contributed by atoms with Crippen molar-refractivity contribution in [3.05, 3.63) is 16.6 Å². The van der Waals surface area contributed by atoms with Gasteiger partial charge < -0.3 is 0 Å². The molecule has 0 aliphatic carbocycles. The molecule has 0 fully saturated rings. The van der Waals surface area contributed by atoms with Gasteiger partial charge in [-0.15, -0.1) is 11.8 Å². The van der Waals surface area contributed by atoms with Crippen LogP contribution in [0.2, 0.25) is 0 Å². The van der Waals surface area contributed by atoms with Crippen molar-refractivity contribution < 1.29 is 4.79 Å². The molecule has 0 aromatic rings. The maximum atomic E-state index is 10.0. The Hall–Kier alpha value is -0.460. The lowest BCUT2D eigenvalue weighted by Gasteiger charge is -1.84. The molecule has 0 saturated heterocycles. The Bertz CT molecular complexity index is 175. The molecule has 0 saturated carbocycles. The quantitative estimate of drug-likeness (QED) is 0.456. The van der Waals surface area contributed by atoms with E-state index in [-0.39, 0.29) is 0 Å². The number of hydrogen-bond donors (Lipinski definition) is 0. The fraction of sp³-hybridized carbons (Fsp3) is 0.333. The maximum Gasteiger partial charge on any atom is 0.129 e. The molecule has 1 heterocycles. The normalized spacial score (nSPS) is 18.1. The van der Waals surface area contributed by atoms with Gasteiger partial charge in [0.25, 0.3) is 0 Å². The minimum atomic E-state index is 0.815. The minimum Gasteiger partial charge on any atom is -0.233 e. The zero-order valence-corrected chi connectivity index (χ0v) is 5.42. The van der Waals surface area contributed by atoms with Crippen LogP contribution in [0.1, 0.15) is 6.92 Å². The van der Waals surface area contributed by atoms with Gasteiger partial charge in [-0.3, -0.25) is 0 Å². The molecule has 0 amide bonds. The second kappa shape index (κ2) is 2.21. The molecule has 0 aromatic heterocycles. The first kappa shape index (κ1) is 5.67. The molecule has 1 nitrogen and oxygen atoms in total. The van der Waals surface area contributed by atoms with Gasteiger partial charge in [0.1, 0.15) is 5.94 Å². The van der Waals surface area contributed by atoms with Gasteiger partial charge >= 0.3 is 0 Å². The van der Waals surface area contributed by atoms with Gasteiger partial charge in [0, 0.05) is 11.3 Å². The summed E-state index contributed by atoms with van der Waals surface area (Å²) in [6, 6.07) is 0. The summed E-state index contributed by atoms with van der Waals surface area (Å²) < 4.78 is 0. The molecule has 0 aromatic carbocycles. The summed E-state index contributed by atoms with van der Waals surface area (Å²) in [4.78, 5) is 10.0. The van der Waals surface area contributed by atoms with Gasteiger partial charge in [0.15, 0.2) is 0 Å². The molecule has 0 bridgehead atoms. The van der Waals surface area contributed by atoms with Crippen molar-refractivity contribution in [3.8, 4) is 0 Å². The van der Waals surface area contributed by atoms with E-state index < -0.39 is 0 Å². The number of carbonyl (C=O) groups excluding carboxylic acids is 1. The summed E-state index contributed by atoms with van der Waals surface area (Å²) in [5.74, 6) is 2.71. The van der Waals surface area contributed by atoms with E-state index in [9.17, 15) is 4.79 Å². The lowest BCUT2D eigenvalue weighted by molar-refractivity contribution is 0.567. The maximum absolute atomic E-state index is 10.0. The van der Waals surface area contributed by atoms with Gasteiger partial charge in [0.2, 0.25) is 0 Å². The van der Waals surface area contributed by atoms with E-state index in [4.69, 9.17) is 0 Å². The third-order valence-corrected chi connectivity index (χ3v) is 2.06. The van der Waals surface area contributed by atoms with E-state index in [1.54, 1.807) is 11.8 Å². The van der Waals surface area contributed by atoms with Gasteiger partial charge in [-0.05, 0) is 17.9 Å². The average Bonchev–Trinajstić information content (AvgIpc) is 2.14. The molecule has 0 N–H and O–H groups in total. The Morgan fingerprint density at radius 3 is 2.88 bits per heavy atom. The van der Waals surface area contributed by atoms with Crippen LogP contribution >= 0.6 is 11.8 Å². The SMILES string of the molecule is CC1=CSCC1=C=O. The number of allylic oxidation sites excluding steroid dienone is 1. The minimum absolute atomic E-state index is 0.815. The monoisotopic (exact) mass is 126 g/mol. The van der Waals surface area contributed by atoms with Gasteiger partial charge in [0.05, 0.1) is 0 Å². The highest BCUT2D eigenvalue weighted by Crippen LogP contribution is 2.24. The van der Waals surface area contributed by atoms with Crippen LogP contribution in [0.5, 0.6) is 0 Å². The smallest absolute Gasteiger partial charge is 0.129 e. The van der Waals surface area contributed by atoms with Crippen LogP contribution in [0.15, 0.2) is 16.6 Å². The van der Waals surface area contributed by atoms with Crippen molar-refractivity contribution in [1.29, 1.82) is 0 Å². The van der Waals surface area contributed by atoms with Crippen LogP contribution in [0.4, 0.5) is 0 Å². The highest BCUT2D eigenvalue weighted by atomic mass is 32.2. The fourth-order valence-corrected chi connectivity index (χ4v) is 1.47. The Morgan fingerprint density at radius 2 is 2.62 bits per heavy atom. The van der Waals surface area contributed by atoms with Crippen molar-refractivity contribution in [2.45, 2.75) is 6.92 Å². The van der Waals surface area contributed by atoms with Crippen LogP contribution in [-0.2, 0) is 4.79 Å². The lowest BCUT2D eigenvalue weighted by Crippen LogP contribution is -1.80. The van der Waals surface area contributed by atoms with Crippen molar-refractivity contribution in [3.63, 3.8) is 0 Å². The number of hydrogen-bond acceptors (Lipinski definition) is 2. The molecule has 1 rings (SSSR count). The Kier molecular flexibility index (Phi) is 1.56. The lowest BCUT2D eigenvalue weighted by atomic mass is 10.2. The molecule has 0 radical (unpaired) electrons. The van der Waals surface area contributed by atoms with E-state index >= 15 is 0 Å². The Morgan fingerprint density at radius 1 is 1.88 bits per heavy atom. The average molecular weight is 126 g/mol. The molecule has 0 unspecified atom stereocenters. The summed E-state index contributed by atoms with van der Waals surface area (Å²) in [6.45, 7) is 1.93. The van der Waals surface area contributed by atoms with Crippen molar-refractivity contribution in [1.82, 2.24) is 0 Å². The van der Waals surface area contributed by atoms with Crippen molar-refractivity contribution >= 4 is 17.7 Å².